The molecule has 0 aliphatic heterocycles. The maximum absolute atomic E-state index is 14.0. The maximum Gasteiger partial charge on any atom is 0.182 e. The summed E-state index contributed by atoms with van der Waals surface area (Å²) in [4.78, 5) is 19.4. The lowest BCUT2D eigenvalue weighted by Gasteiger charge is -2.43. The monoisotopic (exact) mass is 550 g/mol. The summed E-state index contributed by atoms with van der Waals surface area (Å²) < 4.78 is 15.8. The molecular weight excluding hydrogens is 515 g/mol. The van der Waals surface area contributed by atoms with Crippen LogP contribution in [0.1, 0.15) is 43.1 Å². The smallest absolute Gasteiger partial charge is 0.182 e. The Kier molecular flexibility index (Phi) is 6.54. The maximum atomic E-state index is 14.0. The van der Waals surface area contributed by atoms with Gasteiger partial charge in [-0.3, -0.25) is 9.97 Å². The number of halogens is 1. The first-order valence-electron chi connectivity index (χ1n) is 14.4. The molecule has 3 aliphatic carbocycles. The summed E-state index contributed by atoms with van der Waals surface area (Å²) in [5, 5.41) is 9.43. The molecule has 0 radical (unpaired) electrons. The second-order valence-corrected chi connectivity index (χ2v) is 12.0. The van der Waals surface area contributed by atoms with Crippen LogP contribution in [0.5, 0.6) is 0 Å². The topological polar surface area (TPSA) is 87.6 Å². The molecular formula is C32H35FN8. The highest BCUT2D eigenvalue weighted by molar-refractivity contribution is 5.79. The number of rotatable bonds is 10. The Morgan fingerprint density at radius 2 is 1.95 bits per heavy atom. The first-order valence-corrected chi connectivity index (χ1v) is 14.4. The van der Waals surface area contributed by atoms with Crippen LogP contribution in [0.3, 0.4) is 0 Å². The number of pyridine rings is 2. The number of nitrogens with zero attached hydrogens (tertiary/aromatic N) is 6. The van der Waals surface area contributed by atoms with E-state index in [-0.39, 0.29) is 5.41 Å². The van der Waals surface area contributed by atoms with Crippen molar-refractivity contribution in [3.63, 3.8) is 0 Å². The fraction of sp³-hybridized carbons (Fsp3) is 0.375. The zero-order valence-corrected chi connectivity index (χ0v) is 23.5. The predicted octanol–water partition coefficient (Wildman–Crippen LogP) is 5.52. The van der Waals surface area contributed by atoms with Crippen LogP contribution >= 0.6 is 0 Å². The highest BCUT2D eigenvalue weighted by atomic mass is 19.1. The molecule has 3 aliphatic rings. The highest BCUT2D eigenvalue weighted by Crippen LogP contribution is 2.61. The molecule has 4 aromatic heterocycles. The predicted molar refractivity (Wildman–Crippen MR) is 158 cm³/mol. The molecule has 8 nitrogen and oxygen atoms in total. The second kappa shape index (κ2) is 10.4. The van der Waals surface area contributed by atoms with Crippen LogP contribution in [-0.2, 0) is 19.6 Å². The first-order chi connectivity index (χ1) is 19.9. The van der Waals surface area contributed by atoms with Crippen LogP contribution in [0, 0.1) is 11.3 Å². The molecule has 4 heterocycles. The summed E-state index contributed by atoms with van der Waals surface area (Å²) in [6.07, 6.45) is 9.46. The summed E-state index contributed by atoms with van der Waals surface area (Å²) in [7, 11) is 2.06. The van der Waals surface area contributed by atoms with Crippen molar-refractivity contribution < 1.29 is 4.39 Å². The Balaban J connectivity index is 0.996. The van der Waals surface area contributed by atoms with Gasteiger partial charge in [0.25, 0.3) is 0 Å². The van der Waals surface area contributed by atoms with Gasteiger partial charge < -0.3 is 15.2 Å². The zero-order chi connectivity index (χ0) is 28.0. The lowest BCUT2D eigenvalue weighted by molar-refractivity contribution is 0.0886. The Hall–Kier alpha value is -4.11. The van der Waals surface area contributed by atoms with Crippen molar-refractivity contribution in [3.8, 4) is 11.4 Å². The standard InChI is InChI=1S/C32H35FN8/c1-21(32-11-25(12-32)29(33)13-32)35-16-26-8-23-15-36-27(10-30(23)38-26)19-41-20-37-31(39-41)24-9-28(17-34-14-24)40(2)18-22-6-4-3-5-7-22/h3-10,14-15,17,20-21,25,29,35,38H,11-13,16,18-19H2,1-2H3. The number of hydrogen-bond donors (Lipinski definition) is 2. The van der Waals surface area contributed by atoms with E-state index in [1.807, 2.05) is 23.1 Å². The normalized spacial score (nSPS) is 22.1. The minimum atomic E-state index is -0.605. The Labute approximate surface area is 239 Å². The largest absolute Gasteiger partial charge is 0.369 e. The summed E-state index contributed by atoms with van der Waals surface area (Å²) in [5.74, 6) is 0.931. The first kappa shape index (κ1) is 25.8. The second-order valence-electron chi connectivity index (χ2n) is 12.0. The van der Waals surface area contributed by atoms with Gasteiger partial charge >= 0.3 is 0 Å². The number of nitrogens with one attached hydrogen (secondary N) is 2. The van der Waals surface area contributed by atoms with Gasteiger partial charge in [-0.1, -0.05) is 30.3 Å². The molecule has 5 aromatic rings. The minimum Gasteiger partial charge on any atom is -0.369 e. The van der Waals surface area contributed by atoms with Crippen molar-refractivity contribution in [2.75, 3.05) is 11.9 Å². The van der Waals surface area contributed by atoms with Gasteiger partial charge in [-0.15, -0.1) is 0 Å². The minimum absolute atomic E-state index is 0.150. The average molecular weight is 551 g/mol. The van der Waals surface area contributed by atoms with Gasteiger partial charge in [0.05, 0.1) is 24.1 Å². The molecule has 3 saturated carbocycles. The van der Waals surface area contributed by atoms with E-state index in [0.29, 0.717) is 30.7 Å². The van der Waals surface area contributed by atoms with E-state index in [4.69, 9.17) is 5.10 Å². The molecule has 0 spiro atoms. The van der Waals surface area contributed by atoms with Gasteiger partial charge in [0.2, 0.25) is 0 Å². The molecule has 1 aromatic carbocycles. The van der Waals surface area contributed by atoms with E-state index >= 15 is 0 Å². The molecule has 0 amide bonds. The van der Waals surface area contributed by atoms with E-state index in [9.17, 15) is 4.39 Å². The van der Waals surface area contributed by atoms with Crippen LogP contribution in [0.2, 0.25) is 0 Å². The van der Waals surface area contributed by atoms with Crippen molar-refractivity contribution in [1.29, 1.82) is 0 Å². The summed E-state index contributed by atoms with van der Waals surface area (Å²) in [5.41, 5.74) is 6.33. The van der Waals surface area contributed by atoms with Gasteiger partial charge in [-0.25, -0.2) is 14.1 Å². The summed E-state index contributed by atoms with van der Waals surface area (Å²) in [6, 6.07) is 17.0. The number of aromatic amines is 1. The molecule has 2 unspecified atom stereocenters. The molecule has 9 heteroatoms. The number of alkyl halides is 1. The molecule has 41 heavy (non-hydrogen) atoms. The Bertz CT molecular complexity index is 1650. The van der Waals surface area contributed by atoms with Crippen LogP contribution in [0.25, 0.3) is 22.3 Å². The molecule has 210 valence electrons. The van der Waals surface area contributed by atoms with Crippen LogP contribution in [-0.4, -0.2) is 49.0 Å². The lowest BCUT2D eigenvalue weighted by atomic mass is 9.65. The molecule has 2 atom stereocenters. The van der Waals surface area contributed by atoms with Crippen molar-refractivity contribution in [2.45, 2.75) is 58.0 Å². The lowest BCUT2D eigenvalue weighted by Crippen LogP contribution is -2.46. The number of fused-ring (bicyclic) bond motifs is 2. The van der Waals surface area contributed by atoms with E-state index in [1.54, 1.807) is 12.5 Å². The number of benzene rings is 1. The van der Waals surface area contributed by atoms with Crippen molar-refractivity contribution in [1.82, 2.24) is 35.0 Å². The van der Waals surface area contributed by atoms with Gasteiger partial charge in [0, 0.05) is 60.7 Å². The third-order valence-corrected chi connectivity index (χ3v) is 9.13. The number of anilines is 1. The number of aromatic nitrogens is 6. The Morgan fingerprint density at radius 3 is 2.76 bits per heavy atom. The van der Waals surface area contributed by atoms with E-state index in [1.165, 1.54) is 5.56 Å². The van der Waals surface area contributed by atoms with E-state index in [0.717, 1.165) is 59.5 Å². The molecule has 3 fully saturated rings. The third-order valence-electron chi connectivity index (χ3n) is 9.13. The Morgan fingerprint density at radius 1 is 1.10 bits per heavy atom. The van der Waals surface area contributed by atoms with Gasteiger partial charge in [-0.05, 0) is 61.3 Å². The van der Waals surface area contributed by atoms with Crippen molar-refractivity contribution in [3.05, 3.63) is 90.4 Å². The fourth-order valence-electron chi connectivity index (χ4n) is 6.66. The van der Waals surface area contributed by atoms with Crippen LogP contribution in [0.4, 0.5) is 10.1 Å². The quantitative estimate of drug-likeness (QED) is 0.238. The van der Waals surface area contributed by atoms with Crippen LogP contribution in [0.15, 0.2) is 73.4 Å². The van der Waals surface area contributed by atoms with Gasteiger partial charge in [0.15, 0.2) is 5.82 Å². The number of H-pyrrole nitrogens is 1. The third kappa shape index (κ3) is 5.10. The van der Waals surface area contributed by atoms with Gasteiger partial charge in [0.1, 0.15) is 12.5 Å². The SMILES string of the molecule is CC(NCc1cc2cnc(Cn3cnc(-c4cncc(N(C)Cc5ccccc5)c4)n3)cc2[nH]1)C12CC(F)C(C1)C2. The fourth-order valence-corrected chi connectivity index (χ4v) is 6.66. The average Bonchev–Trinajstić information content (AvgIpc) is 3.74. The van der Waals surface area contributed by atoms with E-state index in [2.05, 4.69) is 86.6 Å². The number of hydrogen-bond acceptors (Lipinski definition) is 6. The van der Waals surface area contributed by atoms with Crippen molar-refractivity contribution >= 4 is 16.6 Å². The zero-order valence-electron chi connectivity index (χ0n) is 23.5. The van der Waals surface area contributed by atoms with Crippen LogP contribution < -0.4 is 10.2 Å². The molecule has 0 saturated heterocycles. The molecule has 2 N–H and O–H groups in total. The van der Waals surface area contributed by atoms with Crippen molar-refractivity contribution in [2.24, 2.45) is 11.3 Å². The highest BCUT2D eigenvalue weighted by Gasteiger charge is 2.58. The summed E-state index contributed by atoms with van der Waals surface area (Å²) in [6.45, 7) is 4.24. The molecule has 8 rings (SSSR count). The molecule has 2 bridgehead atoms. The van der Waals surface area contributed by atoms with E-state index < -0.39 is 6.17 Å². The summed E-state index contributed by atoms with van der Waals surface area (Å²) >= 11 is 0. The van der Waals surface area contributed by atoms with Gasteiger partial charge in [-0.2, -0.15) is 5.10 Å².